The topological polar surface area (TPSA) is 74.7 Å². The first-order valence-corrected chi connectivity index (χ1v) is 14.3. The van der Waals surface area contributed by atoms with Gasteiger partial charge in [0.05, 0.1) is 25.3 Å². The fraction of sp³-hybridized carbons (Fsp3) is 0.323. The third kappa shape index (κ3) is 5.99. The van der Waals surface area contributed by atoms with E-state index in [9.17, 15) is 9.59 Å². The van der Waals surface area contributed by atoms with Gasteiger partial charge in [-0.1, -0.05) is 47.5 Å². The van der Waals surface area contributed by atoms with Crippen LogP contribution in [0.5, 0.6) is 11.5 Å². The second-order valence-electron chi connectivity index (χ2n) is 9.89. The highest BCUT2D eigenvalue weighted by Crippen LogP contribution is 2.45. The standard InChI is InChI=1S/C31H32Cl2N4O4/c1-4-41-27-19-25(40-3)13-14-26(27)30-34-28(21-5-9-23(32)10-6-21)29(22-7-11-24(33)12-8-22)37(30)31(39)36-17-15-35(16-18-36)20(2)38/h5-14,19,28-29H,4,15-18H2,1-3H3. The van der Waals surface area contributed by atoms with Gasteiger partial charge in [-0.15, -0.1) is 0 Å². The molecule has 2 heterocycles. The fourth-order valence-electron chi connectivity index (χ4n) is 5.31. The molecule has 10 heteroatoms. The molecular formula is C31H32Cl2N4O4. The molecule has 3 amide bonds. The number of methoxy groups -OCH3 is 1. The highest BCUT2D eigenvalue weighted by Gasteiger charge is 2.45. The number of amidine groups is 1. The van der Waals surface area contributed by atoms with Gasteiger partial charge in [0.2, 0.25) is 5.91 Å². The maximum Gasteiger partial charge on any atom is 0.326 e. The lowest BCUT2D eigenvalue weighted by Gasteiger charge is -2.39. The molecule has 214 valence electrons. The molecule has 1 fully saturated rings. The first-order chi connectivity index (χ1) is 19.8. The molecule has 5 rings (SSSR count). The quantitative estimate of drug-likeness (QED) is 0.339. The van der Waals surface area contributed by atoms with Crippen molar-refractivity contribution in [1.29, 1.82) is 0 Å². The molecule has 2 aliphatic rings. The van der Waals surface area contributed by atoms with E-state index in [1.165, 1.54) is 0 Å². The number of carbonyl (C=O) groups is 2. The third-order valence-corrected chi connectivity index (χ3v) is 7.92. The predicted molar refractivity (Wildman–Crippen MR) is 160 cm³/mol. The minimum absolute atomic E-state index is 0.00181. The number of rotatable bonds is 6. The maximum atomic E-state index is 14.5. The number of hydrogen-bond acceptors (Lipinski definition) is 5. The lowest BCUT2D eigenvalue weighted by molar-refractivity contribution is -0.130. The normalized spacial score (nSPS) is 18.8. The van der Waals surface area contributed by atoms with Gasteiger partial charge in [0, 0.05) is 49.2 Å². The Hall–Kier alpha value is -3.75. The zero-order chi connectivity index (χ0) is 29.1. The van der Waals surface area contributed by atoms with Crippen molar-refractivity contribution in [2.45, 2.75) is 25.9 Å². The van der Waals surface area contributed by atoms with Crippen LogP contribution in [0.15, 0.2) is 71.7 Å². The summed E-state index contributed by atoms with van der Waals surface area (Å²) in [6, 6.07) is 19.5. The van der Waals surface area contributed by atoms with E-state index in [4.69, 9.17) is 37.7 Å². The van der Waals surface area contributed by atoms with Gasteiger partial charge in [-0.2, -0.15) is 0 Å². The van der Waals surface area contributed by atoms with E-state index in [0.717, 1.165) is 11.1 Å². The Morgan fingerprint density at radius 2 is 1.46 bits per heavy atom. The van der Waals surface area contributed by atoms with Crippen molar-refractivity contribution >= 4 is 41.0 Å². The van der Waals surface area contributed by atoms with Gasteiger partial charge < -0.3 is 19.3 Å². The van der Waals surface area contributed by atoms with Crippen LogP contribution < -0.4 is 9.47 Å². The van der Waals surface area contributed by atoms with E-state index in [1.54, 1.807) is 28.7 Å². The van der Waals surface area contributed by atoms with Gasteiger partial charge in [-0.25, -0.2) is 4.79 Å². The zero-order valence-electron chi connectivity index (χ0n) is 23.2. The first-order valence-electron chi connectivity index (χ1n) is 13.5. The Bertz CT molecular complexity index is 1440. The summed E-state index contributed by atoms with van der Waals surface area (Å²) in [6.07, 6.45) is 0. The predicted octanol–water partition coefficient (Wildman–Crippen LogP) is 6.23. The number of hydrogen-bond donors (Lipinski definition) is 0. The van der Waals surface area contributed by atoms with E-state index in [-0.39, 0.29) is 11.9 Å². The number of aliphatic imine (C=N–C) groups is 1. The van der Waals surface area contributed by atoms with Gasteiger partial charge in [-0.05, 0) is 54.4 Å². The average Bonchev–Trinajstić information content (AvgIpc) is 3.38. The van der Waals surface area contributed by atoms with Crippen LogP contribution in [0.2, 0.25) is 10.0 Å². The summed E-state index contributed by atoms with van der Waals surface area (Å²) in [6.45, 7) is 5.67. The van der Waals surface area contributed by atoms with E-state index < -0.39 is 12.1 Å². The summed E-state index contributed by atoms with van der Waals surface area (Å²) in [5.74, 6) is 1.70. The van der Waals surface area contributed by atoms with Crippen molar-refractivity contribution in [2.75, 3.05) is 39.9 Å². The Morgan fingerprint density at radius 3 is 2.02 bits per heavy atom. The fourth-order valence-corrected chi connectivity index (χ4v) is 5.56. The molecule has 0 bridgehead atoms. The van der Waals surface area contributed by atoms with Crippen molar-refractivity contribution in [3.05, 3.63) is 93.5 Å². The summed E-state index contributed by atoms with van der Waals surface area (Å²) in [5.41, 5.74) is 2.48. The zero-order valence-corrected chi connectivity index (χ0v) is 24.7. The number of piperazine rings is 1. The molecule has 0 radical (unpaired) electrons. The molecule has 1 saturated heterocycles. The molecule has 0 aromatic heterocycles. The summed E-state index contributed by atoms with van der Waals surface area (Å²) < 4.78 is 11.5. The number of benzene rings is 3. The molecule has 0 saturated carbocycles. The summed E-state index contributed by atoms with van der Waals surface area (Å²) in [4.78, 5) is 37.0. The van der Waals surface area contributed by atoms with Crippen LogP contribution in [0.1, 0.15) is 42.6 Å². The number of amides is 3. The van der Waals surface area contributed by atoms with Crippen LogP contribution in [0.4, 0.5) is 4.79 Å². The molecule has 41 heavy (non-hydrogen) atoms. The highest BCUT2D eigenvalue weighted by molar-refractivity contribution is 6.30. The van der Waals surface area contributed by atoms with Gasteiger partial charge in [0.1, 0.15) is 23.4 Å². The van der Waals surface area contributed by atoms with Crippen molar-refractivity contribution < 1.29 is 19.1 Å². The molecule has 2 atom stereocenters. The molecule has 0 N–H and O–H groups in total. The van der Waals surface area contributed by atoms with Gasteiger partial charge in [0.25, 0.3) is 0 Å². The second-order valence-corrected chi connectivity index (χ2v) is 10.8. The van der Waals surface area contributed by atoms with Crippen molar-refractivity contribution in [3.8, 4) is 11.5 Å². The molecule has 3 aromatic carbocycles. The van der Waals surface area contributed by atoms with E-state index in [2.05, 4.69) is 0 Å². The molecular weight excluding hydrogens is 563 g/mol. The molecule has 8 nitrogen and oxygen atoms in total. The molecule has 0 aliphatic carbocycles. The molecule has 0 spiro atoms. The Kier molecular flexibility index (Phi) is 8.71. The van der Waals surface area contributed by atoms with Gasteiger partial charge >= 0.3 is 6.03 Å². The van der Waals surface area contributed by atoms with Crippen molar-refractivity contribution in [1.82, 2.24) is 14.7 Å². The Balaban J connectivity index is 1.65. The van der Waals surface area contributed by atoms with E-state index in [1.807, 2.05) is 73.7 Å². The largest absolute Gasteiger partial charge is 0.497 e. The van der Waals surface area contributed by atoms with E-state index in [0.29, 0.717) is 65.7 Å². The Labute approximate surface area is 250 Å². The SMILES string of the molecule is CCOc1cc(OC)ccc1C1=NC(c2ccc(Cl)cc2)C(c2ccc(Cl)cc2)N1C(=O)N1CCN(C(C)=O)CC1. The molecule has 2 aliphatic heterocycles. The van der Waals surface area contributed by atoms with Crippen LogP contribution in [-0.2, 0) is 4.79 Å². The van der Waals surface area contributed by atoms with Crippen LogP contribution in [0.25, 0.3) is 0 Å². The smallest absolute Gasteiger partial charge is 0.326 e. The van der Waals surface area contributed by atoms with Crippen molar-refractivity contribution in [3.63, 3.8) is 0 Å². The Morgan fingerprint density at radius 1 is 0.878 bits per heavy atom. The highest BCUT2D eigenvalue weighted by atomic mass is 35.5. The summed E-state index contributed by atoms with van der Waals surface area (Å²) in [7, 11) is 1.60. The average molecular weight is 596 g/mol. The number of carbonyl (C=O) groups excluding carboxylic acids is 2. The third-order valence-electron chi connectivity index (χ3n) is 7.42. The van der Waals surface area contributed by atoms with Crippen LogP contribution in [-0.4, -0.2) is 72.4 Å². The molecule has 2 unspecified atom stereocenters. The van der Waals surface area contributed by atoms with Crippen LogP contribution >= 0.6 is 23.2 Å². The second kappa shape index (κ2) is 12.4. The number of halogens is 2. The summed E-state index contributed by atoms with van der Waals surface area (Å²) >= 11 is 12.5. The molecule has 3 aromatic rings. The number of urea groups is 1. The monoisotopic (exact) mass is 594 g/mol. The summed E-state index contributed by atoms with van der Waals surface area (Å²) in [5, 5.41) is 1.21. The minimum atomic E-state index is -0.474. The number of nitrogens with zero attached hydrogens (tertiary/aromatic N) is 4. The lowest BCUT2D eigenvalue weighted by Crippen LogP contribution is -2.54. The van der Waals surface area contributed by atoms with Crippen molar-refractivity contribution in [2.24, 2.45) is 4.99 Å². The first kappa shape index (κ1) is 28.8. The van der Waals surface area contributed by atoms with Crippen LogP contribution in [0.3, 0.4) is 0 Å². The van der Waals surface area contributed by atoms with E-state index >= 15 is 0 Å². The minimum Gasteiger partial charge on any atom is -0.497 e. The lowest BCUT2D eigenvalue weighted by atomic mass is 9.93. The number of ether oxygens (including phenoxy) is 2. The van der Waals surface area contributed by atoms with Crippen LogP contribution in [0, 0.1) is 0 Å². The van der Waals surface area contributed by atoms with Gasteiger partial charge in [-0.3, -0.25) is 14.7 Å². The van der Waals surface area contributed by atoms with Gasteiger partial charge in [0.15, 0.2) is 0 Å². The maximum absolute atomic E-state index is 14.5.